The molecule has 0 spiro atoms. The van der Waals surface area contributed by atoms with Gasteiger partial charge in [0.2, 0.25) is 0 Å². The van der Waals surface area contributed by atoms with Crippen LogP contribution >= 0.6 is 0 Å². The van der Waals surface area contributed by atoms with Crippen molar-refractivity contribution in [1.82, 2.24) is 0 Å². The Labute approximate surface area is 477 Å². The Bertz CT molecular complexity index is 4440. The summed E-state index contributed by atoms with van der Waals surface area (Å²) < 4.78 is 0. The number of fused-ring (bicyclic) bond motifs is 2. The third-order valence-corrected chi connectivity index (χ3v) is 16.4. The van der Waals surface area contributed by atoms with Gasteiger partial charge in [-0.1, -0.05) is 216 Å². The van der Waals surface area contributed by atoms with Crippen LogP contribution in [-0.2, 0) is 0 Å². The Hall–Kier alpha value is -9.76. The molecule has 13 aromatic carbocycles. The van der Waals surface area contributed by atoms with Crippen LogP contribution in [0.5, 0.6) is 0 Å². The minimum Gasteiger partial charge on any atom is -0.310 e. The summed E-state index contributed by atoms with van der Waals surface area (Å²) in [5.41, 5.74) is 24.9. The highest BCUT2D eigenvalue weighted by molar-refractivity contribution is 6.36. The standard InChI is InChI=1S/C79H64N2/c1-51-13-29-61(30-14-51)72(60-11-9-8-10-12-60)49-58-25-39-66(40-26-58)80(64-35-19-54(4)20-36-64)74-47-45-70-77-57(7)24-44-69-75(48-46-71(79(69)77)76-56(6)23-43-68(74)78(70)76)81(65-37-21-55(5)22-38-65)67-41-27-59(28-42-67)50-73(62-31-15-52(2)16-32-62)63-33-17-53(3)18-34-63/h8-50H,1-7H3/b72-49-. The molecule has 0 heterocycles. The molecule has 0 aliphatic rings. The molecule has 0 unspecified atom stereocenters. The number of hydrogen-bond acceptors (Lipinski definition) is 2. The maximum absolute atomic E-state index is 2.45. The zero-order valence-electron chi connectivity index (χ0n) is 47.2. The molecule has 0 bridgehead atoms. The van der Waals surface area contributed by atoms with Crippen LogP contribution < -0.4 is 9.80 Å². The minimum atomic E-state index is 1.10. The molecule has 13 aromatic rings. The second-order valence-corrected chi connectivity index (χ2v) is 22.2. The SMILES string of the molecule is Cc1ccc(C(=Cc2ccc(N(c3ccc(C)cc3)c3ccc4c5c(C)ccc6c(N(c7ccc(C)cc7)c7ccc(/C=C(/c8ccccc8)c8ccc(C)cc8)cc7)ccc(c7c(C)ccc3c47)c65)cc2)c2ccc(C)cc2)cc1. The van der Waals surface area contributed by atoms with Gasteiger partial charge in [-0.25, -0.2) is 0 Å². The van der Waals surface area contributed by atoms with E-state index in [1.54, 1.807) is 0 Å². The lowest BCUT2D eigenvalue weighted by atomic mass is 9.85. The highest BCUT2D eigenvalue weighted by Crippen LogP contribution is 2.50. The molecule has 0 N–H and O–H groups in total. The van der Waals surface area contributed by atoms with Crippen molar-refractivity contribution in [1.29, 1.82) is 0 Å². The molecule has 0 radical (unpaired) electrons. The smallest absolute Gasteiger partial charge is 0.0540 e. The molecular formula is C79H64N2. The van der Waals surface area contributed by atoms with Crippen LogP contribution in [0.4, 0.5) is 34.1 Å². The summed E-state index contributed by atoms with van der Waals surface area (Å²) in [6.45, 7) is 15.3. The maximum Gasteiger partial charge on any atom is 0.0540 e. The Morgan fingerprint density at radius 3 is 0.864 bits per heavy atom. The van der Waals surface area contributed by atoms with Crippen LogP contribution in [0.15, 0.2) is 249 Å². The molecule has 0 aliphatic carbocycles. The van der Waals surface area contributed by atoms with Crippen molar-refractivity contribution in [3.63, 3.8) is 0 Å². The Morgan fingerprint density at radius 2 is 0.531 bits per heavy atom. The van der Waals surface area contributed by atoms with Crippen molar-refractivity contribution in [2.24, 2.45) is 0 Å². The lowest BCUT2D eigenvalue weighted by Gasteiger charge is -2.30. The summed E-state index contributed by atoms with van der Waals surface area (Å²) in [7, 11) is 0. The van der Waals surface area contributed by atoms with Crippen LogP contribution in [0.25, 0.3) is 66.4 Å². The lowest BCUT2D eigenvalue weighted by Crippen LogP contribution is -2.11. The highest BCUT2D eigenvalue weighted by Gasteiger charge is 2.24. The first-order valence-electron chi connectivity index (χ1n) is 28.3. The number of benzene rings is 13. The molecule has 0 saturated heterocycles. The molecule has 0 fully saturated rings. The van der Waals surface area contributed by atoms with Crippen molar-refractivity contribution in [2.45, 2.75) is 48.5 Å². The van der Waals surface area contributed by atoms with Crippen LogP contribution in [-0.4, -0.2) is 0 Å². The van der Waals surface area contributed by atoms with Gasteiger partial charge in [-0.2, -0.15) is 0 Å². The van der Waals surface area contributed by atoms with E-state index in [0.717, 1.165) is 45.3 Å². The average Bonchev–Trinajstić information content (AvgIpc) is 3.24. The van der Waals surface area contributed by atoms with Gasteiger partial charge in [0.1, 0.15) is 0 Å². The first-order chi connectivity index (χ1) is 39.5. The second-order valence-electron chi connectivity index (χ2n) is 22.2. The number of anilines is 6. The summed E-state index contributed by atoms with van der Waals surface area (Å²) in [6.07, 6.45) is 4.65. The van der Waals surface area contributed by atoms with E-state index in [1.165, 1.54) is 115 Å². The summed E-state index contributed by atoms with van der Waals surface area (Å²) in [4.78, 5) is 4.89. The summed E-state index contributed by atoms with van der Waals surface area (Å²) in [6, 6.07) is 92.4. The highest BCUT2D eigenvalue weighted by atomic mass is 15.1. The summed E-state index contributed by atoms with van der Waals surface area (Å²) >= 11 is 0. The molecule has 0 amide bonds. The molecule has 0 aliphatic heterocycles. The van der Waals surface area contributed by atoms with Gasteiger partial charge in [-0.15, -0.1) is 0 Å². The maximum atomic E-state index is 2.45. The average molecular weight is 1040 g/mol. The number of rotatable bonds is 12. The van der Waals surface area contributed by atoms with E-state index in [4.69, 9.17) is 0 Å². The van der Waals surface area contributed by atoms with E-state index >= 15 is 0 Å². The zero-order valence-corrected chi connectivity index (χ0v) is 47.2. The van der Waals surface area contributed by atoms with E-state index in [0.29, 0.717) is 0 Å². The molecule has 2 heteroatoms. The van der Waals surface area contributed by atoms with E-state index in [2.05, 4.69) is 319 Å². The van der Waals surface area contributed by atoms with Gasteiger partial charge in [-0.3, -0.25) is 0 Å². The van der Waals surface area contributed by atoms with Crippen molar-refractivity contribution in [3.05, 3.63) is 321 Å². The third kappa shape index (κ3) is 9.64. The normalized spacial score (nSPS) is 11.7. The molecular weight excluding hydrogens is 977 g/mol. The predicted molar refractivity (Wildman–Crippen MR) is 350 cm³/mol. The van der Waals surface area contributed by atoms with E-state index < -0.39 is 0 Å². The summed E-state index contributed by atoms with van der Waals surface area (Å²) in [5.74, 6) is 0. The molecule has 0 aromatic heterocycles. The second kappa shape index (κ2) is 21.1. The fraction of sp³-hybridized carbons (Fsp3) is 0.0886. The van der Waals surface area contributed by atoms with Gasteiger partial charge in [0.25, 0.3) is 0 Å². The van der Waals surface area contributed by atoms with Crippen LogP contribution in [0, 0.1) is 48.5 Å². The monoisotopic (exact) mass is 1040 g/mol. The van der Waals surface area contributed by atoms with Crippen LogP contribution in [0.1, 0.15) is 72.3 Å². The molecule has 0 atom stereocenters. The van der Waals surface area contributed by atoms with Gasteiger partial charge in [0, 0.05) is 33.5 Å². The molecule has 81 heavy (non-hydrogen) atoms. The molecule has 2 nitrogen and oxygen atoms in total. The zero-order chi connectivity index (χ0) is 55.3. The minimum absolute atomic E-state index is 1.10. The quantitative estimate of drug-likeness (QED) is 0.0683. The Balaban J connectivity index is 0.951. The van der Waals surface area contributed by atoms with Gasteiger partial charge < -0.3 is 9.80 Å². The van der Waals surface area contributed by atoms with Crippen molar-refractivity contribution in [2.75, 3.05) is 9.80 Å². The summed E-state index contributed by atoms with van der Waals surface area (Å²) in [5, 5.41) is 10.2. The van der Waals surface area contributed by atoms with E-state index in [1.807, 2.05) is 0 Å². The fourth-order valence-electron chi connectivity index (χ4n) is 12.1. The molecule has 390 valence electrons. The molecule has 13 rings (SSSR count). The number of aryl methyl sites for hydroxylation is 7. The van der Waals surface area contributed by atoms with Gasteiger partial charge in [0.15, 0.2) is 0 Å². The van der Waals surface area contributed by atoms with E-state index in [-0.39, 0.29) is 0 Å². The largest absolute Gasteiger partial charge is 0.310 e. The number of nitrogens with zero attached hydrogens (tertiary/aromatic N) is 2. The van der Waals surface area contributed by atoms with Crippen molar-refractivity contribution >= 4 is 101 Å². The third-order valence-electron chi connectivity index (χ3n) is 16.4. The Kier molecular flexibility index (Phi) is 13.2. The topological polar surface area (TPSA) is 6.48 Å². The van der Waals surface area contributed by atoms with Crippen LogP contribution in [0.2, 0.25) is 0 Å². The van der Waals surface area contributed by atoms with Crippen LogP contribution in [0.3, 0.4) is 0 Å². The number of hydrogen-bond donors (Lipinski definition) is 0. The van der Waals surface area contributed by atoms with Gasteiger partial charge in [0.05, 0.1) is 11.4 Å². The van der Waals surface area contributed by atoms with Crippen molar-refractivity contribution in [3.8, 4) is 0 Å². The lowest BCUT2D eigenvalue weighted by molar-refractivity contribution is 1.29. The van der Waals surface area contributed by atoms with E-state index in [9.17, 15) is 0 Å². The van der Waals surface area contributed by atoms with Gasteiger partial charge >= 0.3 is 0 Å². The molecule has 0 saturated carbocycles. The Morgan fingerprint density at radius 1 is 0.247 bits per heavy atom. The predicted octanol–water partition coefficient (Wildman–Crippen LogP) is 22.0. The first kappa shape index (κ1) is 50.7. The van der Waals surface area contributed by atoms with Crippen molar-refractivity contribution < 1.29 is 0 Å². The van der Waals surface area contributed by atoms with Gasteiger partial charge in [-0.05, 0) is 209 Å². The first-order valence-corrected chi connectivity index (χ1v) is 28.3. The fourth-order valence-corrected chi connectivity index (χ4v) is 12.1.